The van der Waals surface area contributed by atoms with Gasteiger partial charge in [-0.05, 0) is 27.7 Å². The number of aromatic nitrogens is 2. The van der Waals surface area contributed by atoms with Crippen molar-refractivity contribution < 1.29 is 4.74 Å². The Balaban J connectivity index is 1.85. The Kier molecular flexibility index (Phi) is 4.83. The van der Waals surface area contributed by atoms with Crippen LogP contribution in [0.25, 0.3) is 0 Å². The van der Waals surface area contributed by atoms with Crippen LogP contribution in [-0.4, -0.2) is 51.8 Å². The molecular formula is C15H28N4O. The van der Waals surface area contributed by atoms with E-state index < -0.39 is 0 Å². The van der Waals surface area contributed by atoms with Crippen LogP contribution in [0.1, 0.15) is 33.4 Å². The van der Waals surface area contributed by atoms with Crippen LogP contribution in [0.15, 0.2) is 12.5 Å². The zero-order chi connectivity index (χ0) is 14.8. The van der Waals surface area contributed by atoms with Gasteiger partial charge >= 0.3 is 0 Å². The monoisotopic (exact) mass is 280 g/mol. The highest BCUT2D eigenvalue weighted by molar-refractivity contribution is 4.97. The first kappa shape index (κ1) is 15.5. The van der Waals surface area contributed by atoms with Gasteiger partial charge in [0.15, 0.2) is 0 Å². The SMILES string of the molecule is C[C@@H]1CN(C(C)(C)CNCc2cncn2C)C[C@H](C)O1. The van der Waals surface area contributed by atoms with Crippen molar-refractivity contribution in [3.8, 4) is 0 Å². The van der Waals surface area contributed by atoms with E-state index in [4.69, 9.17) is 4.74 Å². The summed E-state index contributed by atoms with van der Waals surface area (Å²) >= 11 is 0. The predicted octanol–water partition coefficient (Wildman–Crippen LogP) is 1.40. The van der Waals surface area contributed by atoms with Crippen LogP contribution in [-0.2, 0) is 18.3 Å². The Morgan fingerprint density at radius 1 is 1.35 bits per heavy atom. The van der Waals surface area contributed by atoms with E-state index in [1.165, 1.54) is 5.69 Å². The number of hydrogen-bond acceptors (Lipinski definition) is 4. The molecule has 114 valence electrons. The van der Waals surface area contributed by atoms with Crippen molar-refractivity contribution in [1.29, 1.82) is 0 Å². The fourth-order valence-corrected chi connectivity index (χ4v) is 2.84. The predicted molar refractivity (Wildman–Crippen MR) is 80.6 cm³/mol. The summed E-state index contributed by atoms with van der Waals surface area (Å²) in [5.41, 5.74) is 1.34. The van der Waals surface area contributed by atoms with E-state index in [0.717, 1.165) is 26.2 Å². The molecular weight excluding hydrogens is 252 g/mol. The minimum absolute atomic E-state index is 0.130. The van der Waals surface area contributed by atoms with Crippen molar-refractivity contribution in [3.05, 3.63) is 18.2 Å². The van der Waals surface area contributed by atoms with Crippen LogP contribution in [0, 0.1) is 0 Å². The third-order valence-corrected chi connectivity index (χ3v) is 4.06. The van der Waals surface area contributed by atoms with Gasteiger partial charge in [0.25, 0.3) is 0 Å². The van der Waals surface area contributed by atoms with Gasteiger partial charge in [-0.2, -0.15) is 0 Å². The van der Waals surface area contributed by atoms with E-state index in [0.29, 0.717) is 12.2 Å². The summed E-state index contributed by atoms with van der Waals surface area (Å²) in [4.78, 5) is 6.67. The lowest BCUT2D eigenvalue weighted by Gasteiger charge is -2.45. The molecule has 2 heterocycles. The molecule has 2 atom stereocenters. The maximum absolute atomic E-state index is 5.82. The summed E-state index contributed by atoms with van der Waals surface area (Å²) in [6.07, 6.45) is 4.39. The van der Waals surface area contributed by atoms with Crippen LogP contribution >= 0.6 is 0 Å². The van der Waals surface area contributed by atoms with Crippen molar-refractivity contribution in [2.75, 3.05) is 19.6 Å². The minimum atomic E-state index is 0.130. The molecule has 1 aromatic heterocycles. The Morgan fingerprint density at radius 3 is 2.55 bits per heavy atom. The van der Waals surface area contributed by atoms with Crippen LogP contribution < -0.4 is 5.32 Å². The molecule has 0 spiro atoms. The average Bonchev–Trinajstić information content (AvgIpc) is 2.74. The third-order valence-electron chi connectivity index (χ3n) is 4.06. The number of aryl methyl sites for hydroxylation is 1. The fourth-order valence-electron chi connectivity index (χ4n) is 2.84. The Morgan fingerprint density at radius 2 is 2.00 bits per heavy atom. The van der Waals surface area contributed by atoms with Gasteiger partial charge in [0, 0.05) is 45.0 Å². The lowest BCUT2D eigenvalue weighted by Crippen LogP contribution is -2.58. The molecule has 0 saturated carbocycles. The second kappa shape index (κ2) is 6.24. The minimum Gasteiger partial charge on any atom is -0.373 e. The Hall–Kier alpha value is -0.910. The van der Waals surface area contributed by atoms with E-state index in [2.05, 4.69) is 47.5 Å². The molecule has 0 radical (unpaired) electrons. The smallest absolute Gasteiger partial charge is 0.0945 e. The summed E-state index contributed by atoms with van der Waals surface area (Å²) in [7, 11) is 2.03. The second-order valence-electron chi connectivity index (χ2n) is 6.57. The first-order valence-corrected chi connectivity index (χ1v) is 7.45. The molecule has 5 heteroatoms. The highest BCUT2D eigenvalue weighted by atomic mass is 16.5. The summed E-state index contributed by atoms with van der Waals surface area (Å²) in [6, 6.07) is 0. The molecule has 20 heavy (non-hydrogen) atoms. The zero-order valence-corrected chi connectivity index (χ0v) is 13.4. The van der Waals surface area contributed by atoms with Crippen LogP contribution in [0.5, 0.6) is 0 Å². The summed E-state index contributed by atoms with van der Waals surface area (Å²) in [6.45, 7) is 12.7. The summed E-state index contributed by atoms with van der Waals surface area (Å²) in [5.74, 6) is 0. The molecule has 0 aromatic carbocycles. The molecule has 5 nitrogen and oxygen atoms in total. The molecule has 1 aliphatic rings. The molecule has 1 aliphatic heterocycles. The molecule has 1 N–H and O–H groups in total. The molecule has 0 bridgehead atoms. The standard InChI is InChI=1S/C15H28N4O/c1-12-8-19(9-13(2)20-12)15(3,4)10-16-6-14-7-17-11-18(14)5/h7,11-13,16H,6,8-10H2,1-5H3/t12-,13+. The highest BCUT2D eigenvalue weighted by Crippen LogP contribution is 2.20. The molecule has 0 aliphatic carbocycles. The van der Waals surface area contributed by atoms with Crippen molar-refractivity contribution in [2.45, 2.75) is 52.0 Å². The Bertz CT molecular complexity index is 419. The van der Waals surface area contributed by atoms with E-state index in [-0.39, 0.29) is 5.54 Å². The largest absolute Gasteiger partial charge is 0.373 e. The quantitative estimate of drug-likeness (QED) is 0.885. The van der Waals surface area contributed by atoms with Crippen LogP contribution in [0.4, 0.5) is 0 Å². The van der Waals surface area contributed by atoms with Gasteiger partial charge in [-0.25, -0.2) is 4.98 Å². The maximum atomic E-state index is 5.82. The van der Waals surface area contributed by atoms with E-state index in [1.807, 2.05) is 19.6 Å². The number of rotatable bonds is 5. The van der Waals surface area contributed by atoms with Crippen LogP contribution in [0.3, 0.4) is 0 Å². The normalized spacial score (nSPS) is 25.1. The van der Waals surface area contributed by atoms with Crippen molar-refractivity contribution in [2.24, 2.45) is 7.05 Å². The second-order valence-corrected chi connectivity index (χ2v) is 6.57. The topological polar surface area (TPSA) is 42.3 Å². The van der Waals surface area contributed by atoms with Gasteiger partial charge in [0.1, 0.15) is 0 Å². The van der Waals surface area contributed by atoms with Gasteiger partial charge < -0.3 is 14.6 Å². The van der Waals surface area contributed by atoms with Crippen molar-refractivity contribution in [1.82, 2.24) is 19.8 Å². The number of hydrogen-bond donors (Lipinski definition) is 1. The number of nitrogens with one attached hydrogen (secondary N) is 1. The molecule has 2 rings (SSSR count). The Labute approximate surface area is 122 Å². The first-order chi connectivity index (χ1) is 9.38. The number of imidazole rings is 1. The zero-order valence-electron chi connectivity index (χ0n) is 13.4. The van der Waals surface area contributed by atoms with Gasteiger partial charge in [-0.3, -0.25) is 4.90 Å². The molecule has 1 aromatic rings. The third kappa shape index (κ3) is 3.81. The van der Waals surface area contributed by atoms with Gasteiger partial charge in [0.2, 0.25) is 0 Å². The maximum Gasteiger partial charge on any atom is 0.0945 e. The summed E-state index contributed by atoms with van der Waals surface area (Å²) < 4.78 is 7.87. The van der Waals surface area contributed by atoms with Crippen molar-refractivity contribution >= 4 is 0 Å². The fraction of sp³-hybridized carbons (Fsp3) is 0.800. The van der Waals surface area contributed by atoms with E-state index in [1.54, 1.807) is 0 Å². The molecule has 1 fully saturated rings. The average molecular weight is 280 g/mol. The lowest BCUT2D eigenvalue weighted by atomic mass is 10.00. The molecule has 0 unspecified atom stereocenters. The number of nitrogens with zero attached hydrogens (tertiary/aromatic N) is 3. The highest BCUT2D eigenvalue weighted by Gasteiger charge is 2.32. The van der Waals surface area contributed by atoms with Gasteiger partial charge in [0.05, 0.1) is 24.2 Å². The number of ether oxygens (including phenoxy) is 1. The molecule has 0 amide bonds. The van der Waals surface area contributed by atoms with Gasteiger partial charge in [-0.1, -0.05) is 0 Å². The van der Waals surface area contributed by atoms with E-state index in [9.17, 15) is 0 Å². The van der Waals surface area contributed by atoms with Crippen LogP contribution in [0.2, 0.25) is 0 Å². The first-order valence-electron chi connectivity index (χ1n) is 7.45. The van der Waals surface area contributed by atoms with Crippen molar-refractivity contribution in [3.63, 3.8) is 0 Å². The lowest BCUT2D eigenvalue weighted by molar-refractivity contribution is -0.0952. The molecule has 1 saturated heterocycles. The van der Waals surface area contributed by atoms with Gasteiger partial charge in [-0.15, -0.1) is 0 Å². The number of morpholine rings is 1. The summed E-state index contributed by atoms with van der Waals surface area (Å²) in [5, 5.41) is 3.55. The van der Waals surface area contributed by atoms with E-state index >= 15 is 0 Å².